The Balaban J connectivity index is 2.55. The van der Waals surface area contributed by atoms with Crippen molar-refractivity contribution in [1.29, 1.82) is 0 Å². The molecule has 0 saturated heterocycles. The van der Waals surface area contributed by atoms with Crippen molar-refractivity contribution in [3.63, 3.8) is 0 Å². The molecular formula is C13H20N2O. The molecule has 1 aromatic carbocycles. The number of nitrogens with one attached hydrogen (secondary N) is 1. The van der Waals surface area contributed by atoms with E-state index in [9.17, 15) is 4.79 Å². The van der Waals surface area contributed by atoms with E-state index in [1.54, 1.807) is 6.92 Å². The lowest BCUT2D eigenvalue weighted by Gasteiger charge is -2.18. The number of rotatable bonds is 5. The first-order valence-electron chi connectivity index (χ1n) is 5.52. The van der Waals surface area contributed by atoms with E-state index >= 15 is 0 Å². The van der Waals surface area contributed by atoms with Crippen molar-refractivity contribution >= 4 is 11.5 Å². The lowest BCUT2D eigenvalue weighted by Crippen LogP contribution is -2.34. The van der Waals surface area contributed by atoms with E-state index in [2.05, 4.69) is 5.32 Å². The maximum Gasteiger partial charge on any atom is 0.159 e. The predicted molar refractivity (Wildman–Crippen MR) is 67.8 cm³/mol. The summed E-state index contributed by atoms with van der Waals surface area (Å²) in [7, 11) is 0. The highest BCUT2D eigenvalue weighted by Crippen LogP contribution is 2.12. The van der Waals surface area contributed by atoms with E-state index in [1.165, 1.54) is 0 Å². The van der Waals surface area contributed by atoms with Crippen molar-refractivity contribution in [3.05, 3.63) is 29.8 Å². The van der Waals surface area contributed by atoms with E-state index in [0.717, 1.165) is 24.2 Å². The molecule has 0 aliphatic rings. The first kappa shape index (κ1) is 12.7. The second kappa shape index (κ2) is 5.12. The summed E-state index contributed by atoms with van der Waals surface area (Å²) in [6.45, 7) is 6.38. The first-order chi connectivity index (χ1) is 7.38. The second-order valence-electron chi connectivity index (χ2n) is 4.80. The Labute approximate surface area is 97.0 Å². The van der Waals surface area contributed by atoms with Gasteiger partial charge in [0.1, 0.15) is 0 Å². The summed E-state index contributed by atoms with van der Waals surface area (Å²) in [4.78, 5) is 11.2. The van der Waals surface area contributed by atoms with Crippen molar-refractivity contribution in [3.8, 4) is 0 Å². The fourth-order valence-electron chi connectivity index (χ4n) is 1.38. The molecule has 0 unspecified atom stereocenters. The molecule has 0 aliphatic carbocycles. The third-order valence-corrected chi connectivity index (χ3v) is 2.37. The van der Waals surface area contributed by atoms with E-state index in [0.29, 0.717) is 0 Å². The Morgan fingerprint density at radius 1 is 1.44 bits per heavy atom. The maximum atomic E-state index is 11.2. The van der Waals surface area contributed by atoms with Crippen molar-refractivity contribution in [2.75, 3.05) is 11.9 Å². The zero-order valence-electron chi connectivity index (χ0n) is 10.2. The molecule has 1 rings (SSSR count). The lowest BCUT2D eigenvalue weighted by atomic mass is 10.0. The van der Waals surface area contributed by atoms with Crippen LogP contribution in [0.3, 0.4) is 0 Å². The average Bonchev–Trinajstić information content (AvgIpc) is 2.16. The molecule has 88 valence electrons. The number of benzene rings is 1. The molecule has 16 heavy (non-hydrogen) atoms. The van der Waals surface area contributed by atoms with Crippen molar-refractivity contribution in [2.45, 2.75) is 32.7 Å². The van der Waals surface area contributed by atoms with Gasteiger partial charge in [0.05, 0.1) is 0 Å². The number of hydrogen-bond donors (Lipinski definition) is 2. The van der Waals surface area contributed by atoms with E-state index in [-0.39, 0.29) is 11.3 Å². The van der Waals surface area contributed by atoms with Gasteiger partial charge in [-0.2, -0.15) is 0 Å². The Kier molecular flexibility index (Phi) is 4.07. The number of nitrogens with two attached hydrogens (primary N) is 1. The molecule has 1 aromatic rings. The molecule has 0 aromatic heterocycles. The van der Waals surface area contributed by atoms with Gasteiger partial charge >= 0.3 is 0 Å². The van der Waals surface area contributed by atoms with E-state index < -0.39 is 0 Å². The standard InChI is InChI=1S/C13H20N2O/c1-10(16)11-5-4-6-12(9-11)15-8-7-13(2,3)14/h4-6,9,15H,7-8,14H2,1-3H3. The molecule has 0 saturated carbocycles. The van der Waals surface area contributed by atoms with Crippen LogP contribution in [0.4, 0.5) is 5.69 Å². The minimum Gasteiger partial charge on any atom is -0.385 e. The fourth-order valence-corrected chi connectivity index (χ4v) is 1.38. The number of Topliss-reactive ketones (excluding diaryl/α,β-unsaturated/α-hetero) is 1. The van der Waals surface area contributed by atoms with Crippen molar-refractivity contribution < 1.29 is 4.79 Å². The Hall–Kier alpha value is -1.35. The van der Waals surface area contributed by atoms with Crippen LogP contribution in [0.1, 0.15) is 37.6 Å². The predicted octanol–water partition coefficient (Wildman–Crippen LogP) is 2.43. The average molecular weight is 220 g/mol. The van der Waals surface area contributed by atoms with Crippen LogP contribution in [0, 0.1) is 0 Å². The Morgan fingerprint density at radius 3 is 2.69 bits per heavy atom. The van der Waals surface area contributed by atoms with Gasteiger partial charge in [-0.25, -0.2) is 0 Å². The van der Waals surface area contributed by atoms with Crippen LogP contribution in [0.5, 0.6) is 0 Å². The SMILES string of the molecule is CC(=O)c1cccc(NCCC(C)(C)N)c1. The van der Waals surface area contributed by atoms with Crippen LogP contribution in [-0.2, 0) is 0 Å². The largest absolute Gasteiger partial charge is 0.385 e. The van der Waals surface area contributed by atoms with Gasteiger partial charge in [0.15, 0.2) is 5.78 Å². The third kappa shape index (κ3) is 4.45. The molecule has 3 N–H and O–H groups in total. The van der Waals surface area contributed by atoms with Crippen LogP contribution in [-0.4, -0.2) is 17.9 Å². The summed E-state index contributed by atoms with van der Waals surface area (Å²) >= 11 is 0. The zero-order chi connectivity index (χ0) is 12.2. The highest BCUT2D eigenvalue weighted by molar-refractivity contribution is 5.94. The summed E-state index contributed by atoms with van der Waals surface area (Å²) in [5, 5.41) is 3.26. The lowest BCUT2D eigenvalue weighted by molar-refractivity contribution is 0.101. The molecular weight excluding hydrogens is 200 g/mol. The van der Waals surface area contributed by atoms with E-state index in [1.807, 2.05) is 38.1 Å². The number of carbonyl (C=O) groups is 1. The summed E-state index contributed by atoms with van der Waals surface area (Å²) < 4.78 is 0. The van der Waals surface area contributed by atoms with Gasteiger partial charge in [-0.1, -0.05) is 12.1 Å². The summed E-state index contributed by atoms with van der Waals surface area (Å²) in [5.74, 6) is 0.0859. The van der Waals surface area contributed by atoms with Crippen LogP contribution < -0.4 is 11.1 Å². The quantitative estimate of drug-likeness (QED) is 0.749. The third-order valence-electron chi connectivity index (χ3n) is 2.37. The molecule has 0 heterocycles. The Morgan fingerprint density at radius 2 is 2.12 bits per heavy atom. The smallest absolute Gasteiger partial charge is 0.159 e. The highest BCUT2D eigenvalue weighted by Gasteiger charge is 2.09. The number of hydrogen-bond acceptors (Lipinski definition) is 3. The van der Waals surface area contributed by atoms with Crippen LogP contribution in [0.15, 0.2) is 24.3 Å². The molecule has 0 radical (unpaired) electrons. The monoisotopic (exact) mass is 220 g/mol. The first-order valence-corrected chi connectivity index (χ1v) is 5.52. The van der Waals surface area contributed by atoms with Crippen LogP contribution in [0.2, 0.25) is 0 Å². The van der Waals surface area contributed by atoms with Gasteiger partial charge < -0.3 is 11.1 Å². The van der Waals surface area contributed by atoms with Gasteiger partial charge in [0.25, 0.3) is 0 Å². The molecule has 0 bridgehead atoms. The topological polar surface area (TPSA) is 55.1 Å². The normalized spacial score (nSPS) is 11.2. The second-order valence-corrected chi connectivity index (χ2v) is 4.80. The maximum absolute atomic E-state index is 11.2. The van der Waals surface area contributed by atoms with Crippen molar-refractivity contribution in [2.24, 2.45) is 5.73 Å². The van der Waals surface area contributed by atoms with Gasteiger partial charge in [-0.15, -0.1) is 0 Å². The minimum atomic E-state index is -0.162. The molecule has 0 amide bonds. The fraction of sp³-hybridized carbons (Fsp3) is 0.462. The van der Waals surface area contributed by atoms with Crippen molar-refractivity contribution in [1.82, 2.24) is 0 Å². The van der Waals surface area contributed by atoms with Gasteiger partial charge in [0.2, 0.25) is 0 Å². The number of anilines is 1. The summed E-state index contributed by atoms with van der Waals surface area (Å²) in [5.41, 5.74) is 7.42. The molecule has 3 nitrogen and oxygen atoms in total. The zero-order valence-corrected chi connectivity index (χ0v) is 10.2. The Bertz CT molecular complexity index is 366. The van der Waals surface area contributed by atoms with Gasteiger partial charge in [-0.05, 0) is 39.3 Å². The van der Waals surface area contributed by atoms with Gasteiger partial charge in [-0.3, -0.25) is 4.79 Å². The summed E-state index contributed by atoms with van der Waals surface area (Å²) in [6, 6.07) is 7.52. The van der Waals surface area contributed by atoms with E-state index in [4.69, 9.17) is 5.73 Å². The van der Waals surface area contributed by atoms with Crippen LogP contribution in [0.25, 0.3) is 0 Å². The minimum absolute atomic E-state index is 0.0859. The molecule has 0 fully saturated rings. The summed E-state index contributed by atoms with van der Waals surface area (Å²) in [6.07, 6.45) is 0.886. The molecule has 0 spiro atoms. The highest BCUT2D eigenvalue weighted by atomic mass is 16.1. The van der Waals surface area contributed by atoms with Crippen LogP contribution >= 0.6 is 0 Å². The number of carbonyl (C=O) groups excluding carboxylic acids is 1. The molecule has 3 heteroatoms. The van der Waals surface area contributed by atoms with Gasteiger partial charge in [0, 0.05) is 23.3 Å². The molecule has 0 aliphatic heterocycles. The number of ketones is 1. The molecule has 0 atom stereocenters.